The van der Waals surface area contributed by atoms with Crippen molar-refractivity contribution < 1.29 is 22.7 Å². The Balaban J connectivity index is 1.84. The first-order chi connectivity index (χ1) is 22.2. The fourth-order valence-corrected chi connectivity index (χ4v) is 6.68. The molecule has 0 aliphatic heterocycles. The number of nitrogens with one attached hydrogen (secondary N) is 1. The standard InChI is InChI=1S/C36H39Cl2N3O5S/c1-25-14-17-30(18-15-25)47(44,45)41(28-16-19-31(37)32(38)22-28)24-34(42)40(23-27-12-9-13-29(20-27)46-5)33(35(43)39-36(2,3)4)21-26-10-7-6-8-11-26/h6-20,22,33H,21,23-24H2,1-5H3,(H,39,43)/t33-/m1/s1. The maximum absolute atomic E-state index is 14.6. The van der Waals surface area contributed by atoms with Crippen LogP contribution in [-0.4, -0.2) is 50.4 Å². The molecule has 0 aliphatic carbocycles. The van der Waals surface area contributed by atoms with Gasteiger partial charge >= 0.3 is 0 Å². The highest BCUT2D eigenvalue weighted by atomic mass is 35.5. The van der Waals surface area contributed by atoms with Gasteiger partial charge in [0.05, 0.1) is 27.7 Å². The molecule has 0 radical (unpaired) electrons. The Kier molecular flexibility index (Phi) is 11.6. The van der Waals surface area contributed by atoms with E-state index in [4.69, 9.17) is 27.9 Å². The van der Waals surface area contributed by atoms with Crippen LogP contribution in [0, 0.1) is 6.92 Å². The summed E-state index contributed by atoms with van der Waals surface area (Å²) in [5.74, 6) is -0.396. The first-order valence-corrected chi connectivity index (χ1v) is 17.2. The van der Waals surface area contributed by atoms with E-state index in [9.17, 15) is 18.0 Å². The predicted octanol–water partition coefficient (Wildman–Crippen LogP) is 7.06. The second-order valence-corrected chi connectivity index (χ2v) is 14.9. The van der Waals surface area contributed by atoms with Crippen LogP contribution in [0.2, 0.25) is 10.0 Å². The van der Waals surface area contributed by atoms with Crippen molar-refractivity contribution >= 4 is 50.7 Å². The zero-order chi connectivity index (χ0) is 34.4. The van der Waals surface area contributed by atoms with Gasteiger partial charge in [-0.25, -0.2) is 8.42 Å². The van der Waals surface area contributed by atoms with Gasteiger partial charge in [-0.15, -0.1) is 0 Å². The third kappa shape index (κ3) is 9.50. The van der Waals surface area contributed by atoms with Crippen molar-refractivity contribution in [2.75, 3.05) is 18.0 Å². The molecule has 0 unspecified atom stereocenters. The molecule has 2 amide bonds. The second-order valence-electron chi connectivity index (χ2n) is 12.2. The molecule has 0 saturated carbocycles. The van der Waals surface area contributed by atoms with Crippen molar-refractivity contribution in [1.29, 1.82) is 0 Å². The van der Waals surface area contributed by atoms with Gasteiger partial charge in [-0.2, -0.15) is 0 Å². The van der Waals surface area contributed by atoms with E-state index in [0.717, 1.165) is 15.4 Å². The fraction of sp³-hybridized carbons (Fsp3) is 0.278. The number of rotatable bonds is 12. The van der Waals surface area contributed by atoms with E-state index in [1.165, 1.54) is 35.2 Å². The van der Waals surface area contributed by atoms with Crippen LogP contribution in [0.5, 0.6) is 5.75 Å². The summed E-state index contributed by atoms with van der Waals surface area (Å²) in [6, 6.07) is 26.3. The number of carbonyl (C=O) groups is 2. The van der Waals surface area contributed by atoms with Gasteiger partial charge in [0.25, 0.3) is 10.0 Å². The number of hydrogen-bond donors (Lipinski definition) is 1. The molecule has 47 heavy (non-hydrogen) atoms. The number of carbonyl (C=O) groups excluding carboxylic acids is 2. The molecule has 0 fully saturated rings. The molecule has 0 aromatic heterocycles. The molecule has 0 bridgehead atoms. The highest BCUT2D eigenvalue weighted by Crippen LogP contribution is 2.31. The van der Waals surface area contributed by atoms with Crippen LogP contribution in [0.1, 0.15) is 37.5 Å². The van der Waals surface area contributed by atoms with Crippen molar-refractivity contribution in [2.24, 2.45) is 0 Å². The van der Waals surface area contributed by atoms with E-state index in [1.54, 1.807) is 37.4 Å². The lowest BCUT2D eigenvalue weighted by Crippen LogP contribution is -2.56. The topological polar surface area (TPSA) is 96.0 Å². The quantitative estimate of drug-likeness (QED) is 0.171. The summed E-state index contributed by atoms with van der Waals surface area (Å²) in [6.45, 7) is 6.82. The molecule has 1 atom stereocenters. The smallest absolute Gasteiger partial charge is 0.264 e. The highest BCUT2D eigenvalue weighted by molar-refractivity contribution is 7.92. The molecule has 0 spiro atoms. The lowest BCUT2D eigenvalue weighted by Gasteiger charge is -2.35. The zero-order valence-electron chi connectivity index (χ0n) is 27.0. The number of hydrogen-bond acceptors (Lipinski definition) is 5. The van der Waals surface area contributed by atoms with Gasteiger partial charge in [0.15, 0.2) is 0 Å². The summed E-state index contributed by atoms with van der Waals surface area (Å²) in [4.78, 5) is 30.1. The average Bonchev–Trinajstić information content (AvgIpc) is 3.02. The molecular weight excluding hydrogens is 657 g/mol. The van der Waals surface area contributed by atoms with Crippen LogP contribution in [0.4, 0.5) is 5.69 Å². The predicted molar refractivity (Wildman–Crippen MR) is 188 cm³/mol. The molecule has 11 heteroatoms. The van der Waals surface area contributed by atoms with Crippen LogP contribution >= 0.6 is 23.2 Å². The monoisotopic (exact) mass is 695 g/mol. The van der Waals surface area contributed by atoms with Gasteiger partial charge in [0.2, 0.25) is 11.8 Å². The highest BCUT2D eigenvalue weighted by Gasteiger charge is 2.35. The van der Waals surface area contributed by atoms with Gasteiger partial charge in [-0.3, -0.25) is 13.9 Å². The number of benzene rings is 4. The summed E-state index contributed by atoms with van der Waals surface area (Å²) in [6.07, 6.45) is 0.190. The van der Waals surface area contributed by atoms with Crippen molar-refractivity contribution in [3.8, 4) is 5.75 Å². The van der Waals surface area contributed by atoms with Gasteiger partial charge in [0.1, 0.15) is 18.3 Å². The number of amides is 2. The molecule has 4 rings (SSSR count). The van der Waals surface area contributed by atoms with Gasteiger partial charge in [-0.05, 0) is 81.3 Å². The Morgan fingerprint density at radius 1 is 0.851 bits per heavy atom. The van der Waals surface area contributed by atoms with Crippen LogP contribution < -0.4 is 14.4 Å². The number of halogens is 2. The lowest BCUT2D eigenvalue weighted by atomic mass is 10.0. The molecule has 0 aliphatic rings. The molecule has 0 heterocycles. The summed E-state index contributed by atoms with van der Waals surface area (Å²) in [5.41, 5.74) is 1.95. The Morgan fingerprint density at radius 2 is 1.51 bits per heavy atom. The van der Waals surface area contributed by atoms with E-state index >= 15 is 0 Å². The van der Waals surface area contributed by atoms with E-state index in [1.807, 2.05) is 64.1 Å². The third-order valence-electron chi connectivity index (χ3n) is 7.34. The Hall–Kier alpha value is -4.05. The minimum absolute atomic E-state index is 0.00485. The summed E-state index contributed by atoms with van der Waals surface area (Å²) in [7, 11) is -2.74. The number of methoxy groups -OCH3 is 1. The number of ether oxygens (including phenoxy) is 1. The van der Waals surface area contributed by atoms with Gasteiger partial charge in [-0.1, -0.05) is 83.4 Å². The minimum Gasteiger partial charge on any atom is -0.497 e. The van der Waals surface area contributed by atoms with Crippen LogP contribution in [-0.2, 0) is 32.6 Å². The SMILES string of the molecule is COc1cccc(CN(C(=O)CN(c2ccc(Cl)c(Cl)c2)S(=O)(=O)c2ccc(C)cc2)[C@H](Cc2ccccc2)C(=O)NC(C)(C)C)c1. The van der Waals surface area contributed by atoms with Crippen molar-refractivity contribution in [3.05, 3.63) is 124 Å². The summed E-state index contributed by atoms with van der Waals surface area (Å²) < 4.78 is 34.8. The molecular formula is C36H39Cl2N3O5S. The zero-order valence-corrected chi connectivity index (χ0v) is 29.4. The van der Waals surface area contributed by atoms with Gasteiger partial charge in [0, 0.05) is 18.5 Å². The molecule has 1 N–H and O–H groups in total. The summed E-state index contributed by atoms with van der Waals surface area (Å²) in [5, 5.41) is 3.38. The largest absolute Gasteiger partial charge is 0.497 e. The Bertz CT molecular complexity index is 1810. The van der Waals surface area contributed by atoms with Crippen LogP contribution in [0.3, 0.4) is 0 Å². The van der Waals surface area contributed by atoms with Crippen LogP contribution in [0.25, 0.3) is 0 Å². The summed E-state index contributed by atoms with van der Waals surface area (Å²) >= 11 is 12.5. The lowest BCUT2D eigenvalue weighted by molar-refractivity contribution is -0.140. The maximum atomic E-state index is 14.6. The second kappa shape index (κ2) is 15.2. The van der Waals surface area contributed by atoms with Crippen molar-refractivity contribution in [3.63, 3.8) is 0 Å². The molecule has 4 aromatic rings. The van der Waals surface area contributed by atoms with E-state index in [0.29, 0.717) is 11.3 Å². The number of aryl methyl sites for hydroxylation is 1. The number of sulfonamides is 1. The first-order valence-electron chi connectivity index (χ1n) is 15.0. The number of anilines is 1. The average molecular weight is 697 g/mol. The van der Waals surface area contributed by atoms with Crippen LogP contribution in [0.15, 0.2) is 102 Å². The minimum atomic E-state index is -4.28. The van der Waals surface area contributed by atoms with E-state index in [-0.39, 0.29) is 39.5 Å². The molecule has 248 valence electrons. The Morgan fingerprint density at radius 3 is 2.13 bits per heavy atom. The maximum Gasteiger partial charge on any atom is 0.264 e. The van der Waals surface area contributed by atoms with Gasteiger partial charge < -0.3 is 15.0 Å². The fourth-order valence-electron chi connectivity index (χ4n) is 4.98. The Labute approximate surface area is 287 Å². The molecule has 8 nitrogen and oxygen atoms in total. The first kappa shape index (κ1) is 35.8. The van der Waals surface area contributed by atoms with E-state index < -0.39 is 34.1 Å². The van der Waals surface area contributed by atoms with Crippen molar-refractivity contribution in [1.82, 2.24) is 10.2 Å². The molecule has 4 aromatic carbocycles. The third-order valence-corrected chi connectivity index (χ3v) is 9.86. The number of nitrogens with zero attached hydrogens (tertiary/aromatic N) is 2. The van der Waals surface area contributed by atoms with E-state index in [2.05, 4.69) is 5.32 Å². The molecule has 0 saturated heterocycles. The normalized spacial score (nSPS) is 12.2. The van der Waals surface area contributed by atoms with Crippen molar-refractivity contribution in [2.45, 2.75) is 57.1 Å².